The van der Waals surface area contributed by atoms with E-state index in [1.54, 1.807) is 32.9 Å². The summed E-state index contributed by atoms with van der Waals surface area (Å²) in [5.41, 5.74) is 0.00148. The minimum absolute atomic E-state index is 0.0112. The van der Waals surface area contributed by atoms with Crippen LogP contribution >= 0.6 is 0 Å². The SMILES string of the molecule is CC(C)(C)OC(=O)ON1CCN(C(=O)C2CCC(NS(=O)(=O)c3ccc4cc(-c5ccccc5C(F)(F)F)[nH]c4c3)CC2)[C@@H](c2ccccc2)C1. The summed E-state index contributed by atoms with van der Waals surface area (Å²) in [4.78, 5) is 36.5. The molecule has 51 heavy (non-hydrogen) atoms. The lowest BCUT2D eigenvalue weighted by Gasteiger charge is -2.42. The Hall–Kier alpha value is -4.40. The second-order valence-corrected chi connectivity index (χ2v) is 15.8. The molecule has 1 aromatic heterocycles. The summed E-state index contributed by atoms with van der Waals surface area (Å²) in [7, 11) is -3.97. The van der Waals surface area contributed by atoms with Gasteiger partial charge in [0.2, 0.25) is 15.9 Å². The van der Waals surface area contributed by atoms with Crippen LogP contribution in [0.5, 0.6) is 0 Å². The van der Waals surface area contributed by atoms with Crippen LogP contribution in [0, 0.1) is 5.92 Å². The lowest BCUT2D eigenvalue weighted by molar-refractivity contribution is -0.176. The van der Waals surface area contributed by atoms with Crippen molar-refractivity contribution in [1.82, 2.24) is 19.7 Å². The van der Waals surface area contributed by atoms with E-state index in [4.69, 9.17) is 9.57 Å². The van der Waals surface area contributed by atoms with Crippen LogP contribution in [0.1, 0.15) is 63.6 Å². The van der Waals surface area contributed by atoms with Gasteiger partial charge in [0.25, 0.3) is 0 Å². The molecule has 3 aromatic carbocycles. The number of nitrogens with zero attached hydrogens (tertiary/aromatic N) is 2. The number of halogens is 3. The number of carbonyl (C=O) groups is 2. The van der Waals surface area contributed by atoms with E-state index in [-0.39, 0.29) is 40.6 Å². The number of aromatic amines is 1. The number of carbonyl (C=O) groups excluding carboxylic acids is 2. The van der Waals surface area contributed by atoms with E-state index in [0.717, 1.165) is 11.6 Å². The number of hydroxylamine groups is 2. The molecule has 10 nitrogen and oxygen atoms in total. The molecule has 2 heterocycles. The number of benzene rings is 3. The summed E-state index contributed by atoms with van der Waals surface area (Å²) in [6.45, 7) is 6.17. The molecule has 6 rings (SSSR count). The molecular formula is C37H41F3N4O6S. The molecule has 1 saturated heterocycles. The number of hydrogen-bond donors (Lipinski definition) is 2. The van der Waals surface area contributed by atoms with Gasteiger partial charge >= 0.3 is 12.3 Å². The van der Waals surface area contributed by atoms with Gasteiger partial charge < -0.3 is 19.5 Å². The van der Waals surface area contributed by atoms with Crippen molar-refractivity contribution in [3.63, 3.8) is 0 Å². The summed E-state index contributed by atoms with van der Waals surface area (Å²) in [5, 5.41) is 2.10. The second-order valence-electron chi connectivity index (χ2n) is 14.0. The van der Waals surface area contributed by atoms with Crippen LogP contribution < -0.4 is 4.72 Å². The highest BCUT2D eigenvalue weighted by Gasteiger charge is 2.39. The zero-order valence-corrected chi connectivity index (χ0v) is 29.4. The van der Waals surface area contributed by atoms with Crippen molar-refractivity contribution in [2.75, 3.05) is 19.6 Å². The molecule has 2 N–H and O–H groups in total. The van der Waals surface area contributed by atoms with Gasteiger partial charge in [-0.1, -0.05) is 54.6 Å². The van der Waals surface area contributed by atoms with Crippen LogP contribution in [0.4, 0.5) is 18.0 Å². The first kappa shape index (κ1) is 36.4. The molecule has 14 heteroatoms. The molecule has 272 valence electrons. The van der Waals surface area contributed by atoms with Crippen LogP contribution in [0.15, 0.2) is 83.8 Å². The summed E-state index contributed by atoms with van der Waals surface area (Å²) in [6, 6.07) is 20.0. The average Bonchev–Trinajstić information content (AvgIpc) is 3.51. The Bertz CT molecular complexity index is 1990. The molecule has 0 spiro atoms. The Labute approximate surface area is 294 Å². The summed E-state index contributed by atoms with van der Waals surface area (Å²) < 4.78 is 75.9. The van der Waals surface area contributed by atoms with Crippen LogP contribution in [0.3, 0.4) is 0 Å². The predicted octanol–water partition coefficient (Wildman–Crippen LogP) is 7.44. The number of sulfonamides is 1. The molecule has 2 aliphatic rings. The van der Waals surface area contributed by atoms with Gasteiger partial charge in [0.1, 0.15) is 5.60 Å². The number of aromatic nitrogens is 1. The molecule has 0 radical (unpaired) electrons. The van der Waals surface area contributed by atoms with Crippen molar-refractivity contribution in [3.05, 3.63) is 90.0 Å². The number of hydrogen-bond acceptors (Lipinski definition) is 7. The third kappa shape index (κ3) is 8.57. The first-order valence-corrected chi connectivity index (χ1v) is 18.4. The van der Waals surface area contributed by atoms with Crippen LogP contribution in [-0.4, -0.2) is 66.7 Å². The Morgan fingerprint density at radius 3 is 2.25 bits per heavy atom. The Kier molecular flexibility index (Phi) is 10.2. The van der Waals surface area contributed by atoms with Crippen LogP contribution in [0.25, 0.3) is 22.2 Å². The highest BCUT2D eigenvalue weighted by Crippen LogP contribution is 2.38. The van der Waals surface area contributed by atoms with E-state index in [1.807, 2.05) is 35.2 Å². The topological polar surface area (TPSA) is 121 Å². The Morgan fingerprint density at radius 1 is 0.882 bits per heavy atom. The van der Waals surface area contributed by atoms with E-state index < -0.39 is 39.6 Å². The normalized spacial score (nSPS) is 20.7. The molecule has 1 atom stereocenters. The van der Waals surface area contributed by atoms with Gasteiger partial charge in [-0.25, -0.2) is 17.9 Å². The van der Waals surface area contributed by atoms with E-state index >= 15 is 0 Å². The first-order valence-electron chi connectivity index (χ1n) is 16.9. The number of amides is 1. The summed E-state index contributed by atoms with van der Waals surface area (Å²) in [6.07, 6.45) is -3.47. The lowest BCUT2D eigenvalue weighted by atomic mass is 9.85. The largest absolute Gasteiger partial charge is 0.528 e. The summed E-state index contributed by atoms with van der Waals surface area (Å²) >= 11 is 0. The van der Waals surface area contributed by atoms with Crippen molar-refractivity contribution in [1.29, 1.82) is 0 Å². The van der Waals surface area contributed by atoms with Crippen LogP contribution in [-0.2, 0) is 30.6 Å². The van der Waals surface area contributed by atoms with Gasteiger partial charge in [-0.3, -0.25) is 4.79 Å². The minimum Gasteiger partial charge on any atom is -0.427 e. The molecule has 1 aliphatic carbocycles. The predicted molar refractivity (Wildman–Crippen MR) is 185 cm³/mol. The third-order valence-electron chi connectivity index (χ3n) is 9.23. The van der Waals surface area contributed by atoms with Gasteiger partial charge in [0.05, 0.1) is 29.6 Å². The molecule has 1 aliphatic heterocycles. The number of rotatable bonds is 7. The fraction of sp³-hybridized carbons (Fsp3) is 0.405. The number of H-pyrrole nitrogens is 1. The van der Waals surface area contributed by atoms with Crippen molar-refractivity contribution in [2.45, 2.75) is 75.2 Å². The Balaban J connectivity index is 1.10. The molecule has 4 aromatic rings. The second kappa shape index (κ2) is 14.3. The van der Waals surface area contributed by atoms with Gasteiger partial charge in [0.15, 0.2) is 0 Å². The molecule has 1 saturated carbocycles. The number of piperazine rings is 1. The quantitative estimate of drug-likeness (QED) is 0.190. The first-order chi connectivity index (χ1) is 24.1. The molecule has 0 unspecified atom stereocenters. The van der Waals surface area contributed by atoms with Crippen molar-refractivity contribution < 1.29 is 40.8 Å². The number of fused-ring (bicyclic) bond motifs is 1. The highest BCUT2D eigenvalue weighted by molar-refractivity contribution is 7.89. The summed E-state index contributed by atoms with van der Waals surface area (Å²) in [5.74, 6) is -0.328. The Morgan fingerprint density at radius 2 is 1.57 bits per heavy atom. The van der Waals surface area contributed by atoms with E-state index in [0.29, 0.717) is 49.7 Å². The number of nitrogens with one attached hydrogen (secondary N) is 2. The number of ether oxygens (including phenoxy) is 1. The maximum Gasteiger partial charge on any atom is 0.528 e. The van der Waals surface area contributed by atoms with Gasteiger partial charge in [-0.2, -0.15) is 13.2 Å². The van der Waals surface area contributed by atoms with Gasteiger partial charge in [-0.05, 0) is 76.3 Å². The maximum absolute atomic E-state index is 13.9. The smallest absolute Gasteiger partial charge is 0.427 e. The molecule has 0 bridgehead atoms. The van der Waals surface area contributed by atoms with Crippen molar-refractivity contribution in [3.8, 4) is 11.3 Å². The van der Waals surface area contributed by atoms with Crippen molar-refractivity contribution in [2.24, 2.45) is 5.92 Å². The maximum atomic E-state index is 13.9. The molecular weight excluding hydrogens is 685 g/mol. The fourth-order valence-electron chi connectivity index (χ4n) is 6.80. The zero-order valence-electron chi connectivity index (χ0n) is 28.6. The number of alkyl halides is 3. The molecule has 1 amide bonds. The van der Waals surface area contributed by atoms with E-state index in [2.05, 4.69) is 9.71 Å². The van der Waals surface area contributed by atoms with Crippen LogP contribution in [0.2, 0.25) is 0 Å². The average molecular weight is 727 g/mol. The monoisotopic (exact) mass is 726 g/mol. The zero-order chi connectivity index (χ0) is 36.6. The fourth-order valence-corrected chi connectivity index (χ4v) is 8.13. The lowest BCUT2D eigenvalue weighted by Crippen LogP contribution is -2.53. The van der Waals surface area contributed by atoms with E-state index in [9.17, 15) is 31.2 Å². The highest BCUT2D eigenvalue weighted by atomic mass is 32.2. The van der Waals surface area contributed by atoms with Gasteiger partial charge in [0, 0.05) is 40.7 Å². The van der Waals surface area contributed by atoms with Gasteiger partial charge in [-0.15, -0.1) is 5.06 Å². The van der Waals surface area contributed by atoms with Crippen molar-refractivity contribution >= 4 is 33.0 Å². The standard InChI is InChI=1S/C37H41F3N4O6S/c1-36(2,3)49-35(46)50-43-19-20-44(33(23-43)24-9-5-4-6-10-24)34(45)25-13-16-27(17-14-25)42-51(47,48)28-18-15-26-21-32(41-31(26)22-28)29-11-7-8-12-30(29)37(38,39)40/h4-12,15,18,21-22,25,27,33,41-42H,13-14,16-17,19-20,23H2,1-3H3/t25?,27?,33-/m1/s1. The van der Waals surface area contributed by atoms with E-state index in [1.165, 1.54) is 35.4 Å². The third-order valence-corrected chi connectivity index (χ3v) is 10.7. The minimum atomic E-state index is -4.55. The molecule has 2 fully saturated rings.